The highest BCUT2D eigenvalue weighted by Crippen LogP contribution is 2.37. The number of benzene rings is 1. The van der Waals surface area contributed by atoms with E-state index >= 15 is 0 Å². The Bertz CT molecular complexity index is 498. The van der Waals surface area contributed by atoms with Crippen LogP contribution in [0.25, 0.3) is 0 Å². The van der Waals surface area contributed by atoms with E-state index in [1.54, 1.807) is 0 Å². The van der Waals surface area contributed by atoms with Crippen LogP contribution in [-0.4, -0.2) is 42.7 Å². The highest BCUT2D eigenvalue weighted by atomic mass is 35.5. The standard InChI is InChI=1S/C17H25ClN2O/c18-16-15-5-3-1-2-4-13(15)12-14(17(16)21)6-9-20-10-7-19-8-11-20/h12,19,21H,1-11H2. The van der Waals surface area contributed by atoms with Gasteiger partial charge in [-0.25, -0.2) is 0 Å². The van der Waals surface area contributed by atoms with Gasteiger partial charge in [-0.1, -0.05) is 24.1 Å². The smallest absolute Gasteiger partial charge is 0.137 e. The normalized spacial score (nSPS) is 20.0. The highest BCUT2D eigenvalue weighted by molar-refractivity contribution is 6.33. The molecule has 3 nitrogen and oxygen atoms in total. The zero-order chi connectivity index (χ0) is 14.7. The van der Waals surface area contributed by atoms with Gasteiger partial charge in [0.1, 0.15) is 5.75 Å². The molecule has 21 heavy (non-hydrogen) atoms. The van der Waals surface area contributed by atoms with Crippen LogP contribution in [0.3, 0.4) is 0 Å². The summed E-state index contributed by atoms with van der Waals surface area (Å²) in [6.07, 6.45) is 6.70. The molecule has 1 saturated heterocycles. The average molecular weight is 309 g/mol. The minimum atomic E-state index is 0.326. The van der Waals surface area contributed by atoms with Crippen LogP contribution >= 0.6 is 11.6 Å². The van der Waals surface area contributed by atoms with E-state index in [0.29, 0.717) is 10.8 Å². The van der Waals surface area contributed by atoms with Gasteiger partial charge < -0.3 is 15.3 Å². The topological polar surface area (TPSA) is 35.5 Å². The zero-order valence-electron chi connectivity index (χ0n) is 12.6. The summed E-state index contributed by atoms with van der Waals surface area (Å²) in [5.41, 5.74) is 3.59. The molecule has 3 rings (SSSR count). The van der Waals surface area contributed by atoms with E-state index < -0.39 is 0 Å². The third-order valence-electron chi connectivity index (χ3n) is 4.79. The fraction of sp³-hybridized carbons (Fsp3) is 0.647. The third-order valence-corrected chi connectivity index (χ3v) is 5.20. The molecular weight excluding hydrogens is 284 g/mol. The van der Waals surface area contributed by atoms with Crippen molar-refractivity contribution in [2.75, 3.05) is 32.7 Å². The molecule has 116 valence electrons. The van der Waals surface area contributed by atoms with E-state index in [-0.39, 0.29) is 0 Å². The Labute approximate surface area is 132 Å². The van der Waals surface area contributed by atoms with Gasteiger partial charge in [-0.05, 0) is 48.8 Å². The number of halogens is 1. The van der Waals surface area contributed by atoms with Gasteiger partial charge in [-0.3, -0.25) is 0 Å². The number of hydrogen-bond donors (Lipinski definition) is 2. The number of phenols is 1. The number of aryl methyl sites for hydroxylation is 1. The minimum Gasteiger partial charge on any atom is -0.506 e. The predicted octanol–water partition coefficient (Wildman–Crippen LogP) is 2.76. The van der Waals surface area contributed by atoms with Crippen LogP contribution in [0, 0.1) is 0 Å². The molecule has 0 atom stereocenters. The SMILES string of the molecule is Oc1c(CCN2CCNCC2)cc2c(c1Cl)CCCCC2. The summed E-state index contributed by atoms with van der Waals surface area (Å²) in [4.78, 5) is 2.45. The lowest BCUT2D eigenvalue weighted by molar-refractivity contribution is 0.243. The van der Waals surface area contributed by atoms with Gasteiger partial charge in [0.2, 0.25) is 0 Å². The maximum Gasteiger partial charge on any atom is 0.137 e. The molecule has 1 aliphatic carbocycles. The molecule has 1 aliphatic heterocycles. The molecule has 1 aromatic rings. The van der Waals surface area contributed by atoms with Crippen molar-refractivity contribution in [3.05, 3.63) is 27.8 Å². The molecule has 4 heteroatoms. The van der Waals surface area contributed by atoms with Crippen molar-refractivity contribution in [2.45, 2.75) is 38.5 Å². The first-order chi connectivity index (χ1) is 10.3. The summed E-state index contributed by atoms with van der Waals surface area (Å²) < 4.78 is 0. The molecule has 2 N–H and O–H groups in total. The summed E-state index contributed by atoms with van der Waals surface area (Å²) in [5.74, 6) is 0.326. The maximum absolute atomic E-state index is 10.4. The molecule has 2 aliphatic rings. The Balaban J connectivity index is 1.75. The molecule has 0 spiro atoms. The van der Waals surface area contributed by atoms with Gasteiger partial charge >= 0.3 is 0 Å². The second-order valence-electron chi connectivity index (χ2n) is 6.24. The van der Waals surface area contributed by atoms with Gasteiger partial charge in [0, 0.05) is 32.7 Å². The predicted molar refractivity (Wildman–Crippen MR) is 87.4 cm³/mol. The lowest BCUT2D eigenvalue weighted by atomic mass is 9.97. The highest BCUT2D eigenvalue weighted by Gasteiger charge is 2.18. The largest absolute Gasteiger partial charge is 0.506 e. The molecule has 1 heterocycles. The summed E-state index contributed by atoms with van der Waals surface area (Å²) >= 11 is 6.44. The lowest BCUT2D eigenvalue weighted by Crippen LogP contribution is -2.44. The number of piperazine rings is 1. The van der Waals surface area contributed by atoms with Gasteiger partial charge in [0.15, 0.2) is 0 Å². The van der Waals surface area contributed by atoms with Crippen molar-refractivity contribution in [2.24, 2.45) is 0 Å². The van der Waals surface area contributed by atoms with Crippen LogP contribution in [0.4, 0.5) is 0 Å². The van der Waals surface area contributed by atoms with Gasteiger partial charge in [0.05, 0.1) is 5.02 Å². The van der Waals surface area contributed by atoms with Crippen molar-refractivity contribution >= 4 is 11.6 Å². The van der Waals surface area contributed by atoms with Crippen LogP contribution in [-0.2, 0) is 19.3 Å². The molecule has 1 fully saturated rings. The second-order valence-corrected chi connectivity index (χ2v) is 6.62. The first-order valence-electron chi connectivity index (χ1n) is 8.21. The summed E-state index contributed by atoms with van der Waals surface area (Å²) in [6.45, 7) is 5.33. The van der Waals surface area contributed by atoms with Gasteiger partial charge in [0.25, 0.3) is 0 Å². The molecule has 0 amide bonds. The second kappa shape index (κ2) is 6.99. The Hall–Kier alpha value is -0.770. The van der Waals surface area contributed by atoms with E-state index in [2.05, 4.69) is 16.3 Å². The quantitative estimate of drug-likeness (QED) is 0.843. The van der Waals surface area contributed by atoms with Crippen molar-refractivity contribution in [3.8, 4) is 5.75 Å². The fourth-order valence-corrected chi connectivity index (χ4v) is 3.82. The zero-order valence-corrected chi connectivity index (χ0v) is 13.4. The molecule has 0 radical (unpaired) electrons. The first-order valence-corrected chi connectivity index (χ1v) is 8.58. The third kappa shape index (κ3) is 3.53. The maximum atomic E-state index is 10.4. The number of hydrogen-bond acceptors (Lipinski definition) is 3. The van der Waals surface area contributed by atoms with E-state index in [1.165, 1.54) is 30.4 Å². The number of nitrogens with zero attached hydrogens (tertiary/aromatic N) is 1. The number of aromatic hydroxyl groups is 1. The first kappa shape index (κ1) is 15.1. The molecule has 1 aromatic carbocycles. The summed E-state index contributed by atoms with van der Waals surface area (Å²) in [6, 6.07) is 2.21. The molecule has 0 saturated carbocycles. The Kier molecular flexibility index (Phi) is 5.04. The Morgan fingerprint density at radius 2 is 1.90 bits per heavy atom. The van der Waals surface area contributed by atoms with E-state index in [4.69, 9.17) is 11.6 Å². The lowest BCUT2D eigenvalue weighted by Gasteiger charge is -2.27. The average Bonchev–Trinajstić information content (AvgIpc) is 2.76. The minimum absolute atomic E-state index is 0.326. The van der Waals surface area contributed by atoms with Crippen LogP contribution in [0.5, 0.6) is 5.75 Å². The van der Waals surface area contributed by atoms with E-state index in [9.17, 15) is 5.11 Å². The summed E-state index contributed by atoms with van der Waals surface area (Å²) in [5, 5.41) is 14.4. The molecular formula is C17H25ClN2O. The fourth-order valence-electron chi connectivity index (χ4n) is 3.48. The van der Waals surface area contributed by atoms with Crippen molar-refractivity contribution in [1.29, 1.82) is 0 Å². The van der Waals surface area contributed by atoms with Crippen molar-refractivity contribution < 1.29 is 5.11 Å². The van der Waals surface area contributed by atoms with Gasteiger partial charge in [-0.2, -0.15) is 0 Å². The van der Waals surface area contributed by atoms with Crippen LogP contribution < -0.4 is 5.32 Å². The number of nitrogens with one attached hydrogen (secondary N) is 1. The number of rotatable bonds is 3. The van der Waals surface area contributed by atoms with Crippen LogP contribution in [0.15, 0.2) is 6.07 Å². The van der Waals surface area contributed by atoms with E-state index in [1.807, 2.05) is 0 Å². The van der Waals surface area contributed by atoms with Crippen LogP contribution in [0.1, 0.15) is 36.0 Å². The molecule has 0 unspecified atom stereocenters. The van der Waals surface area contributed by atoms with Crippen LogP contribution in [0.2, 0.25) is 5.02 Å². The number of phenolic OH excluding ortho intramolecular Hbond substituents is 1. The number of fused-ring (bicyclic) bond motifs is 1. The van der Waals surface area contributed by atoms with Gasteiger partial charge in [-0.15, -0.1) is 0 Å². The van der Waals surface area contributed by atoms with Crippen molar-refractivity contribution in [3.63, 3.8) is 0 Å². The summed E-state index contributed by atoms with van der Waals surface area (Å²) in [7, 11) is 0. The van der Waals surface area contributed by atoms with Crippen molar-refractivity contribution in [1.82, 2.24) is 10.2 Å². The Morgan fingerprint density at radius 1 is 1.14 bits per heavy atom. The monoisotopic (exact) mass is 308 g/mol. The molecule has 0 bridgehead atoms. The Morgan fingerprint density at radius 3 is 2.71 bits per heavy atom. The van der Waals surface area contributed by atoms with E-state index in [0.717, 1.165) is 57.5 Å². The molecule has 0 aromatic heterocycles.